The molecule has 3 N–H and O–H groups in total. The van der Waals surface area contributed by atoms with Gasteiger partial charge >= 0.3 is 6.03 Å². The first kappa shape index (κ1) is 22.4. The van der Waals surface area contributed by atoms with Gasteiger partial charge in [-0.3, -0.25) is 15.1 Å². The van der Waals surface area contributed by atoms with E-state index in [9.17, 15) is 9.59 Å². The number of carbonyl (C=O) groups excluding carboxylic acids is 2. The first-order valence-electron chi connectivity index (χ1n) is 10.6. The topological polar surface area (TPSA) is 88.5 Å². The maximum atomic E-state index is 12.9. The number of piperidine rings is 1. The molecule has 2 aliphatic heterocycles. The Bertz CT molecular complexity index is 806. The number of nitrogens with zero attached hydrogens (tertiary/aromatic N) is 2. The Balaban J connectivity index is 1.47. The number of amides is 3. The smallest absolute Gasteiger partial charge is 0.317 e. The summed E-state index contributed by atoms with van der Waals surface area (Å²) in [5.41, 5.74) is 0.204. The summed E-state index contributed by atoms with van der Waals surface area (Å²) in [6.45, 7) is 8.27. The summed E-state index contributed by atoms with van der Waals surface area (Å²) in [5.74, 6) is 0.834. The van der Waals surface area contributed by atoms with E-state index in [1.165, 1.54) is 0 Å². The maximum absolute atomic E-state index is 12.9. The van der Waals surface area contributed by atoms with Gasteiger partial charge in [0, 0.05) is 31.2 Å². The number of benzene rings is 1. The molecule has 0 saturated carbocycles. The van der Waals surface area contributed by atoms with E-state index in [2.05, 4.69) is 24.5 Å². The van der Waals surface area contributed by atoms with Gasteiger partial charge in [-0.05, 0) is 49.7 Å². The Hall–Kier alpha value is -2.28. The van der Waals surface area contributed by atoms with Crippen molar-refractivity contribution >= 4 is 29.5 Å². The highest BCUT2D eigenvalue weighted by molar-refractivity contribution is 6.31. The van der Waals surface area contributed by atoms with Crippen molar-refractivity contribution in [2.24, 2.45) is 11.8 Å². The lowest BCUT2D eigenvalue weighted by atomic mass is 9.90. The molecule has 1 atom stereocenters. The van der Waals surface area contributed by atoms with Gasteiger partial charge in [0.15, 0.2) is 5.96 Å². The Morgan fingerprint density at radius 3 is 2.63 bits per heavy atom. The molecular formula is C22H32ClN5O2. The fourth-order valence-electron chi connectivity index (χ4n) is 4.41. The molecular weight excluding hydrogens is 402 g/mol. The first-order chi connectivity index (χ1) is 14.2. The number of halogens is 1. The van der Waals surface area contributed by atoms with Crippen molar-refractivity contribution in [1.82, 2.24) is 20.4 Å². The van der Waals surface area contributed by atoms with Crippen molar-refractivity contribution in [3.63, 3.8) is 0 Å². The van der Waals surface area contributed by atoms with E-state index in [0.717, 1.165) is 18.4 Å². The van der Waals surface area contributed by atoms with Crippen LogP contribution < -0.4 is 10.6 Å². The van der Waals surface area contributed by atoms with Gasteiger partial charge in [0.05, 0.1) is 0 Å². The predicted molar refractivity (Wildman–Crippen MR) is 118 cm³/mol. The van der Waals surface area contributed by atoms with Crippen LogP contribution in [0.15, 0.2) is 24.3 Å². The molecule has 8 heteroatoms. The largest absolute Gasteiger partial charge is 0.342 e. The van der Waals surface area contributed by atoms with Crippen molar-refractivity contribution in [2.75, 3.05) is 19.6 Å². The molecule has 30 heavy (non-hydrogen) atoms. The van der Waals surface area contributed by atoms with Gasteiger partial charge in [-0.2, -0.15) is 0 Å². The van der Waals surface area contributed by atoms with Crippen molar-refractivity contribution in [1.29, 1.82) is 5.41 Å². The van der Waals surface area contributed by atoms with Gasteiger partial charge in [0.25, 0.3) is 5.91 Å². The van der Waals surface area contributed by atoms with E-state index < -0.39 is 5.54 Å². The zero-order valence-corrected chi connectivity index (χ0v) is 18.8. The number of likely N-dealkylation sites (tertiary alicyclic amines) is 1. The van der Waals surface area contributed by atoms with Gasteiger partial charge in [0.1, 0.15) is 5.54 Å². The van der Waals surface area contributed by atoms with Crippen molar-refractivity contribution < 1.29 is 9.59 Å². The zero-order chi connectivity index (χ0) is 21.9. The SMILES string of the molecule is CC(C)CC1(C)NC(=N)N(CC2CCN(C(=O)NCc3ccccc3Cl)CC2)C1=O. The van der Waals surface area contributed by atoms with Crippen LogP contribution in [0.3, 0.4) is 0 Å². The van der Waals surface area contributed by atoms with Crippen molar-refractivity contribution in [3.8, 4) is 0 Å². The van der Waals surface area contributed by atoms with Crippen LogP contribution in [0.1, 0.15) is 45.6 Å². The highest BCUT2D eigenvalue weighted by Crippen LogP contribution is 2.27. The lowest BCUT2D eigenvalue weighted by Crippen LogP contribution is -2.47. The third-order valence-corrected chi connectivity index (χ3v) is 6.30. The van der Waals surface area contributed by atoms with Crippen LogP contribution in [0.4, 0.5) is 4.79 Å². The summed E-state index contributed by atoms with van der Waals surface area (Å²) in [7, 11) is 0. The van der Waals surface area contributed by atoms with Crippen LogP contribution in [0.25, 0.3) is 0 Å². The lowest BCUT2D eigenvalue weighted by molar-refractivity contribution is -0.131. The summed E-state index contributed by atoms with van der Waals surface area (Å²) >= 11 is 6.15. The lowest BCUT2D eigenvalue weighted by Gasteiger charge is -2.33. The number of hydrogen-bond donors (Lipinski definition) is 3. The van der Waals surface area contributed by atoms with Gasteiger partial charge < -0.3 is 15.5 Å². The summed E-state index contributed by atoms with van der Waals surface area (Å²) < 4.78 is 0. The highest BCUT2D eigenvalue weighted by Gasteiger charge is 2.46. The zero-order valence-electron chi connectivity index (χ0n) is 18.0. The molecule has 0 radical (unpaired) electrons. The van der Waals surface area contributed by atoms with Crippen LogP contribution in [-0.4, -0.2) is 52.9 Å². The quantitative estimate of drug-likeness (QED) is 0.642. The molecule has 0 aliphatic carbocycles. The molecule has 0 aromatic heterocycles. The Kier molecular flexibility index (Phi) is 6.91. The monoisotopic (exact) mass is 433 g/mol. The van der Waals surface area contributed by atoms with Gasteiger partial charge in [0.2, 0.25) is 0 Å². The molecule has 7 nitrogen and oxygen atoms in total. The fraction of sp³-hybridized carbons (Fsp3) is 0.591. The third-order valence-electron chi connectivity index (χ3n) is 5.93. The summed E-state index contributed by atoms with van der Waals surface area (Å²) in [5, 5.41) is 14.9. The average Bonchev–Trinajstić information content (AvgIpc) is 2.90. The highest BCUT2D eigenvalue weighted by atomic mass is 35.5. The minimum atomic E-state index is -0.690. The Morgan fingerprint density at radius 2 is 2.00 bits per heavy atom. The Labute approximate surface area is 183 Å². The Morgan fingerprint density at radius 1 is 1.33 bits per heavy atom. The molecule has 3 rings (SSSR count). The van der Waals surface area contributed by atoms with Crippen LogP contribution in [-0.2, 0) is 11.3 Å². The molecule has 0 bridgehead atoms. The molecule has 2 fully saturated rings. The van der Waals surface area contributed by atoms with Crippen LogP contribution in [0.2, 0.25) is 5.02 Å². The number of guanidine groups is 1. The molecule has 164 valence electrons. The van der Waals surface area contributed by atoms with Crippen LogP contribution in [0.5, 0.6) is 0 Å². The second kappa shape index (κ2) is 9.25. The van der Waals surface area contributed by atoms with Crippen LogP contribution >= 0.6 is 11.6 Å². The normalized spacial score (nSPS) is 22.6. The summed E-state index contributed by atoms with van der Waals surface area (Å²) in [6, 6.07) is 7.39. The maximum Gasteiger partial charge on any atom is 0.317 e. The van der Waals surface area contributed by atoms with Crippen molar-refractivity contribution in [3.05, 3.63) is 34.9 Å². The van der Waals surface area contributed by atoms with E-state index in [1.807, 2.05) is 36.1 Å². The van der Waals surface area contributed by atoms with Crippen LogP contribution in [0, 0.1) is 17.2 Å². The van der Waals surface area contributed by atoms with Gasteiger partial charge in [-0.15, -0.1) is 0 Å². The predicted octanol–water partition coefficient (Wildman–Crippen LogP) is 3.43. The van der Waals surface area contributed by atoms with Gasteiger partial charge in [-0.1, -0.05) is 43.6 Å². The molecule has 2 aliphatic rings. The number of rotatable bonds is 6. The molecule has 1 unspecified atom stereocenters. The fourth-order valence-corrected chi connectivity index (χ4v) is 4.61. The molecule has 2 saturated heterocycles. The summed E-state index contributed by atoms with van der Waals surface area (Å²) in [4.78, 5) is 28.8. The molecule has 1 aromatic rings. The second-order valence-corrected chi connectivity index (χ2v) is 9.41. The van der Waals surface area contributed by atoms with E-state index in [0.29, 0.717) is 43.5 Å². The first-order valence-corrected chi connectivity index (χ1v) is 11.0. The minimum Gasteiger partial charge on any atom is -0.342 e. The number of hydrogen-bond acceptors (Lipinski definition) is 3. The molecule has 3 amide bonds. The van der Waals surface area contributed by atoms with Crippen molar-refractivity contribution in [2.45, 2.75) is 52.1 Å². The average molecular weight is 434 g/mol. The van der Waals surface area contributed by atoms with E-state index in [4.69, 9.17) is 17.0 Å². The van der Waals surface area contributed by atoms with E-state index in [-0.39, 0.29) is 23.8 Å². The second-order valence-electron chi connectivity index (χ2n) is 9.00. The minimum absolute atomic E-state index is 0.0129. The number of nitrogens with one attached hydrogen (secondary N) is 3. The van der Waals surface area contributed by atoms with E-state index >= 15 is 0 Å². The summed E-state index contributed by atoms with van der Waals surface area (Å²) in [6.07, 6.45) is 2.34. The third kappa shape index (κ3) is 5.06. The molecule has 2 heterocycles. The number of carbonyl (C=O) groups is 2. The van der Waals surface area contributed by atoms with E-state index in [1.54, 1.807) is 4.90 Å². The standard InChI is InChI=1S/C22H32ClN5O2/c1-15(2)12-22(3)19(29)28(20(24)26-22)14-16-8-10-27(11-9-16)21(30)25-13-17-6-4-5-7-18(17)23/h4-7,15-16H,8-14H2,1-3H3,(H2,24,26)(H,25,30). The molecule has 0 spiro atoms. The van der Waals surface area contributed by atoms with Gasteiger partial charge in [-0.25, -0.2) is 4.79 Å². The molecule has 1 aromatic carbocycles. The number of urea groups is 1.